The number of nitrogens with zero attached hydrogens (tertiary/aromatic N) is 1. The van der Waals surface area contributed by atoms with Crippen LogP contribution in [-0.4, -0.2) is 37.1 Å². The van der Waals surface area contributed by atoms with E-state index in [1.165, 1.54) is 0 Å². The maximum Gasteiger partial charge on any atom is 0.254 e. The van der Waals surface area contributed by atoms with Crippen LogP contribution in [0.25, 0.3) is 10.9 Å². The maximum atomic E-state index is 13.4. The van der Waals surface area contributed by atoms with Crippen LogP contribution in [0.15, 0.2) is 77.6 Å². The Bertz CT molecular complexity index is 1350. The van der Waals surface area contributed by atoms with Crippen molar-refractivity contribution >= 4 is 16.8 Å². The summed E-state index contributed by atoms with van der Waals surface area (Å²) >= 11 is 0. The number of aromatic nitrogens is 1. The van der Waals surface area contributed by atoms with Gasteiger partial charge in [0.25, 0.3) is 11.5 Å². The SMILES string of the molecule is COc1ccc(CN(Cc2cc3cc(OC)c(OC)cc3[nH]c2=O)C(=O)c2ccccc2)cc1. The third kappa shape index (κ3) is 4.88. The Kier molecular flexibility index (Phi) is 6.82. The van der Waals surface area contributed by atoms with Gasteiger partial charge in [-0.2, -0.15) is 0 Å². The highest BCUT2D eigenvalue weighted by atomic mass is 16.5. The Morgan fingerprint density at radius 3 is 2.15 bits per heavy atom. The average molecular weight is 459 g/mol. The number of pyridine rings is 1. The van der Waals surface area contributed by atoms with E-state index in [4.69, 9.17) is 14.2 Å². The van der Waals surface area contributed by atoms with Gasteiger partial charge in [-0.15, -0.1) is 0 Å². The van der Waals surface area contributed by atoms with Crippen LogP contribution in [0.2, 0.25) is 0 Å². The van der Waals surface area contributed by atoms with Gasteiger partial charge < -0.3 is 24.1 Å². The number of ether oxygens (including phenoxy) is 3. The molecule has 0 saturated heterocycles. The van der Waals surface area contributed by atoms with E-state index in [-0.39, 0.29) is 18.0 Å². The Morgan fingerprint density at radius 1 is 0.824 bits per heavy atom. The molecule has 1 amide bonds. The van der Waals surface area contributed by atoms with Crippen molar-refractivity contribution < 1.29 is 19.0 Å². The van der Waals surface area contributed by atoms with Gasteiger partial charge in [0.2, 0.25) is 0 Å². The minimum Gasteiger partial charge on any atom is -0.497 e. The van der Waals surface area contributed by atoms with E-state index in [1.54, 1.807) is 56.6 Å². The molecule has 4 rings (SSSR count). The monoisotopic (exact) mass is 458 g/mol. The fraction of sp³-hybridized carbons (Fsp3) is 0.185. The van der Waals surface area contributed by atoms with Crippen LogP contribution in [0.4, 0.5) is 0 Å². The first-order chi connectivity index (χ1) is 16.5. The number of hydrogen-bond acceptors (Lipinski definition) is 5. The minimum atomic E-state index is -0.264. The number of benzene rings is 3. The summed E-state index contributed by atoms with van der Waals surface area (Å²) in [6, 6.07) is 21.9. The van der Waals surface area contributed by atoms with Gasteiger partial charge in [-0.05, 0) is 42.0 Å². The zero-order valence-electron chi connectivity index (χ0n) is 19.3. The molecule has 34 heavy (non-hydrogen) atoms. The lowest BCUT2D eigenvalue weighted by atomic mass is 10.1. The van der Waals surface area contributed by atoms with Gasteiger partial charge in [-0.25, -0.2) is 0 Å². The largest absolute Gasteiger partial charge is 0.497 e. The van der Waals surface area contributed by atoms with Gasteiger partial charge in [0, 0.05) is 29.1 Å². The Morgan fingerprint density at radius 2 is 1.50 bits per heavy atom. The lowest BCUT2D eigenvalue weighted by Gasteiger charge is -2.23. The zero-order valence-corrected chi connectivity index (χ0v) is 19.3. The van der Waals surface area contributed by atoms with Crippen LogP contribution in [0.1, 0.15) is 21.5 Å². The molecule has 0 bridgehead atoms. The Hall–Kier alpha value is -4.26. The first-order valence-electron chi connectivity index (χ1n) is 10.8. The van der Waals surface area contributed by atoms with Gasteiger partial charge in [-0.1, -0.05) is 30.3 Å². The minimum absolute atomic E-state index is 0.138. The molecule has 0 aliphatic rings. The molecular weight excluding hydrogens is 432 g/mol. The van der Waals surface area contributed by atoms with Crippen LogP contribution >= 0.6 is 0 Å². The van der Waals surface area contributed by atoms with E-state index >= 15 is 0 Å². The fourth-order valence-electron chi connectivity index (χ4n) is 3.82. The highest BCUT2D eigenvalue weighted by Gasteiger charge is 2.19. The molecular formula is C27H26N2O5. The molecule has 1 N–H and O–H groups in total. The highest BCUT2D eigenvalue weighted by molar-refractivity contribution is 5.94. The number of carbonyl (C=O) groups excluding carboxylic acids is 1. The summed E-state index contributed by atoms with van der Waals surface area (Å²) < 4.78 is 16.0. The predicted octanol–water partition coefficient (Wildman–Crippen LogP) is 4.40. The number of hydrogen-bond donors (Lipinski definition) is 1. The second-order valence-corrected chi connectivity index (χ2v) is 7.79. The summed E-state index contributed by atoms with van der Waals surface area (Å²) in [5, 5.41) is 0.781. The van der Waals surface area contributed by atoms with Crippen molar-refractivity contribution in [3.8, 4) is 17.2 Å². The highest BCUT2D eigenvalue weighted by Crippen LogP contribution is 2.31. The van der Waals surface area contributed by atoms with Gasteiger partial charge in [0.15, 0.2) is 11.5 Å². The summed E-state index contributed by atoms with van der Waals surface area (Å²) in [6.07, 6.45) is 0. The predicted molar refractivity (Wildman–Crippen MR) is 131 cm³/mol. The lowest BCUT2D eigenvalue weighted by Crippen LogP contribution is -2.32. The quantitative estimate of drug-likeness (QED) is 0.423. The van der Waals surface area contributed by atoms with Crippen molar-refractivity contribution in [2.45, 2.75) is 13.1 Å². The Labute approximate surface area is 197 Å². The van der Waals surface area contributed by atoms with E-state index in [1.807, 2.05) is 42.5 Å². The molecule has 1 heterocycles. The first kappa shape index (κ1) is 22.9. The average Bonchev–Trinajstić information content (AvgIpc) is 2.88. The van der Waals surface area contributed by atoms with Gasteiger partial charge in [0.05, 0.1) is 33.4 Å². The molecule has 0 aliphatic carbocycles. The van der Waals surface area contributed by atoms with Crippen LogP contribution in [0.3, 0.4) is 0 Å². The lowest BCUT2D eigenvalue weighted by molar-refractivity contribution is 0.0729. The van der Waals surface area contributed by atoms with Crippen LogP contribution in [0.5, 0.6) is 17.2 Å². The number of aromatic amines is 1. The van der Waals surface area contributed by atoms with Crippen molar-refractivity contribution in [1.82, 2.24) is 9.88 Å². The zero-order chi connectivity index (χ0) is 24.1. The number of H-pyrrole nitrogens is 1. The van der Waals surface area contributed by atoms with Gasteiger partial charge in [-0.3, -0.25) is 9.59 Å². The van der Waals surface area contributed by atoms with Crippen molar-refractivity contribution in [2.75, 3.05) is 21.3 Å². The van der Waals surface area contributed by atoms with Gasteiger partial charge in [0.1, 0.15) is 5.75 Å². The van der Waals surface area contributed by atoms with Crippen molar-refractivity contribution in [1.29, 1.82) is 0 Å². The molecule has 3 aromatic carbocycles. The van der Waals surface area contributed by atoms with Crippen LogP contribution < -0.4 is 19.8 Å². The number of fused-ring (bicyclic) bond motifs is 1. The number of rotatable bonds is 8. The summed E-state index contributed by atoms with van der Waals surface area (Å²) in [4.78, 5) is 30.9. The summed E-state index contributed by atoms with van der Waals surface area (Å²) in [5.74, 6) is 1.66. The summed E-state index contributed by atoms with van der Waals surface area (Å²) in [7, 11) is 4.71. The molecule has 4 aromatic rings. The van der Waals surface area contributed by atoms with Crippen molar-refractivity contribution in [2.24, 2.45) is 0 Å². The normalized spacial score (nSPS) is 10.7. The molecule has 0 radical (unpaired) electrons. The molecule has 7 heteroatoms. The molecule has 174 valence electrons. The fourth-order valence-corrected chi connectivity index (χ4v) is 3.82. The van der Waals surface area contributed by atoms with E-state index in [0.29, 0.717) is 34.7 Å². The van der Waals surface area contributed by atoms with Crippen molar-refractivity contribution in [3.05, 3.63) is 99.8 Å². The molecule has 0 atom stereocenters. The standard InChI is InChI=1S/C27H26N2O5/c1-32-22-11-9-18(10-12-22)16-29(27(31)19-7-5-4-6-8-19)17-21-13-20-14-24(33-2)25(34-3)15-23(20)28-26(21)30/h4-15H,16-17H2,1-3H3,(H,28,30). The first-order valence-corrected chi connectivity index (χ1v) is 10.8. The van der Waals surface area contributed by atoms with E-state index in [9.17, 15) is 9.59 Å². The van der Waals surface area contributed by atoms with Crippen LogP contribution in [-0.2, 0) is 13.1 Å². The van der Waals surface area contributed by atoms with Crippen molar-refractivity contribution in [3.63, 3.8) is 0 Å². The second kappa shape index (κ2) is 10.1. The molecule has 0 spiro atoms. The molecule has 0 aliphatic heterocycles. The maximum absolute atomic E-state index is 13.4. The molecule has 0 unspecified atom stereocenters. The molecule has 1 aromatic heterocycles. The number of methoxy groups -OCH3 is 3. The third-order valence-electron chi connectivity index (χ3n) is 5.63. The van der Waals surface area contributed by atoms with E-state index < -0.39 is 0 Å². The molecule has 0 fully saturated rings. The summed E-state index contributed by atoms with van der Waals surface area (Å²) in [5.41, 5.74) is 2.31. The van der Waals surface area contributed by atoms with E-state index in [0.717, 1.165) is 16.7 Å². The van der Waals surface area contributed by atoms with Gasteiger partial charge >= 0.3 is 0 Å². The third-order valence-corrected chi connectivity index (χ3v) is 5.63. The second-order valence-electron chi connectivity index (χ2n) is 7.79. The molecule has 0 saturated carbocycles. The number of nitrogens with one attached hydrogen (secondary N) is 1. The van der Waals surface area contributed by atoms with Crippen LogP contribution in [0, 0.1) is 0 Å². The smallest absolute Gasteiger partial charge is 0.254 e. The topological polar surface area (TPSA) is 80.9 Å². The number of carbonyl (C=O) groups is 1. The van der Waals surface area contributed by atoms with E-state index in [2.05, 4.69) is 4.98 Å². The molecule has 7 nitrogen and oxygen atoms in total. The Balaban J connectivity index is 1.71. The number of amides is 1. The summed E-state index contributed by atoms with van der Waals surface area (Å²) in [6.45, 7) is 0.473.